The van der Waals surface area contributed by atoms with Gasteiger partial charge in [0.2, 0.25) is 5.91 Å². The van der Waals surface area contributed by atoms with E-state index >= 15 is 0 Å². The normalized spacial score (nSPS) is 12.2. The summed E-state index contributed by atoms with van der Waals surface area (Å²) in [5.41, 5.74) is 1.11. The lowest BCUT2D eigenvalue weighted by molar-refractivity contribution is -0.118. The molecule has 0 radical (unpaired) electrons. The molecule has 1 aromatic carbocycles. The van der Waals surface area contributed by atoms with Crippen LogP contribution in [0.15, 0.2) is 24.3 Å². The van der Waals surface area contributed by atoms with E-state index in [1.807, 2.05) is 31.2 Å². The fourth-order valence-electron chi connectivity index (χ4n) is 1.25. The molecule has 1 atom stereocenters. The molecule has 1 aromatic rings. The summed E-state index contributed by atoms with van der Waals surface area (Å²) in [7, 11) is 0. The van der Waals surface area contributed by atoms with Gasteiger partial charge in [-0.15, -0.1) is 11.6 Å². The number of carbonyl (C=O) groups is 1. The predicted octanol–water partition coefficient (Wildman–Crippen LogP) is 2.80. The molecule has 0 aliphatic heterocycles. The van der Waals surface area contributed by atoms with Crippen LogP contribution in [0, 0.1) is 0 Å². The molecule has 2 nitrogen and oxygen atoms in total. The van der Waals surface area contributed by atoms with E-state index in [2.05, 4.69) is 5.32 Å². The van der Waals surface area contributed by atoms with Gasteiger partial charge in [-0.25, -0.2) is 0 Å². The molecule has 0 saturated heterocycles. The maximum atomic E-state index is 10.9. The molecule has 0 aliphatic rings. The molecule has 1 amide bonds. The SMILES string of the molecule is CC(CNC(=O)CCl)c1cccc(Cl)c1. The smallest absolute Gasteiger partial charge is 0.234 e. The summed E-state index contributed by atoms with van der Waals surface area (Å²) in [4.78, 5) is 10.9. The van der Waals surface area contributed by atoms with E-state index in [1.54, 1.807) is 0 Å². The van der Waals surface area contributed by atoms with Crippen LogP contribution in [0.3, 0.4) is 0 Å². The van der Waals surface area contributed by atoms with Crippen molar-refractivity contribution in [2.24, 2.45) is 0 Å². The molecule has 82 valence electrons. The third-order valence-corrected chi connectivity index (χ3v) is 2.62. The zero-order chi connectivity index (χ0) is 11.3. The number of rotatable bonds is 4. The Balaban J connectivity index is 2.53. The highest BCUT2D eigenvalue weighted by molar-refractivity contribution is 6.30. The van der Waals surface area contributed by atoms with Crippen molar-refractivity contribution in [3.63, 3.8) is 0 Å². The quantitative estimate of drug-likeness (QED) is 0.813. The Hall–Kier alpha value is -0.730. The maximum absolute atomic E-state index is 10.9. The van der Waals surface area contributed by atoms with Crippen molar-refractivity contribution in [2.45, 2.75) is 12.8 Å². The van der Waals surface area contributed by atoms with Crippen molar-refractivity contribution < 1.29 is 4.79 Å². The summed E-state index contributed by atoms with van der Waals surface area (Å²) in [5.74, 6) is 0.0869. The first kappa shape index (κ1) is 12.3. The molecule has 1 rings (SSSR count). The van der Waals surface area contributed by atoms with Crippen molar-refractivity contribution in [1.29, 1.82) is 0 Å². The molecule has 0 heterocycles. The van der Waals surface area contributed by atoms with E-state index in [0.717, 1.165) is 5.56 Å². The number of hydrogen-bond donors (Lipinski definition) is 1. The second-order valence-electron chi connectivity index (χ2n) is 3.39. The van der Waals surface area contributed by atoms with Gasteiger partial charge in [-0.1, -0.05) is 30.7 Å². The van der Waals surface area contributed by atoms with Crippen LogP contribution in [0.5, 0.6) is 0 Å². The van der Waals surface area contributed by atoms with E-state index in [-0.39, 0.29) is 17.7 Å². The Morgan fingerprint density at radius 2 is 2.27 bits per heavy atom. The van der Waals surface area contributed by atoms with Gasteiger partial charge in [0, 0.05) is 11.6 Å². The Morgan fingerprint density at radius 3 is 2.87 bits per heavy atom. The summed E-state index contributed by atoms with van der Waals surface area (Å²) < 4.78 is 0. The fraction of sp³-hybridized carbons (Fsp3) is 0.364. The van der Waals surface area contributed by atoms with Crippen LogP contribution in [0.4, 0.5) is 0 Å². The van der Waals surface area contributed by atoms with Crippen molar-refractivity contribution in [3.8, 4) is 0 Å². The first-order chi connectivity index (χ1) is 7.13. The molecule has 1 unspecified atom stereocenters. The number of halogens is 2. The molecule has 4 heteroatoms. The summed E-state index contributed by atoms with van der Waals surface area (Å²) in [6.07, 6.45) is 0. The highest BCUT2D eigenvalue weighted by Crippen LogP contribution is 2.18. The molecule has 0 fully saturated rings. The number of hydrogen-bond acceptors (Lipinski definition) is 1. The Bertz CT molecular complexity index is 341. The van der Waals surface area contributed by atoms with Gasteiger partial charge in [0.15, 0.2) is 0 Å². The van der Waals surface area contributed by atoms with Crippen LogP contribution in [-0.2, 0) is 4.79 Å². The molecule has 0 aliphatic carbocycles. The van der Waals surface area contributed by atoms with Crippen LogP contribution in [0.2, 0.25) is 5.02 Å². The number of alkyl halides is 1. The largest absolute Gasteiger partial charge is 0.354 e. The molecule has 1 N–H and O–H groups in total. The van der Waals surface area contributed by atoms with Gasteiger partial charge in [-0.3, -0.25) is 4.79 Å². The summed E-state index contributed by atoms with van der Waals surface area (Å²) >= 11 is 11.2. The van der Waals surface area contributed by atoms with Gasteiger partial charge in [-0.05, 0) is 23.6 Å². The van der Waals surface area contributed by atoms with E-state index in [4.69, 9.17) is 23.2 Å². The second kappa shape index (κ2) is 5.99. The molecule has 15 heavy (non-hydrogen) atoms. The highest BCUT2D eigenvalue weighted by Gasteiger charge is 2.07. The Labute approximate surface area is 99.6 Å². The van der Waals surface area contributed by atoms with Crippen molar-refractivity contribution >= 4 is 29.1 Å². The molecule has 0 bridgehead atoms. The molecule has 0 saturated carbocycles. The number of amides is 1. The average Bonchev–Trinajstić information content (AvgIpc) is 2.25. The molecular formula is C11H13Cl2NO. The maximum Gasteiger partial charge on any atom is 0.234 e. The third kappa shape index (κ3) is 4.10. The third-order valence-electron chi connectivity index (χ3n) is 2.14. The van der Waals surface area contributed by atoms with Gasteiger partial charge >= 0.3 is 0 Å². The van der Waals surface area contributed by atoms with E-state index < -0.39 is 0 Å². The topological polar surface area (TPSA) is 29.1 Å². The van der Waals surface area contributed by atoms with Crippen LogP contribution < -0.4 is 5.32 Å². The Morgan fingerprint density at radius 1 is 1.53 bits per heavy atom. The van der Waals surface area contributed by atoms with Crippen molar-refractivity contribution in [3.05, 3.63) is 34.9 Å². The summed E-state index contributed by atoms with van der Waals surface area (Å²) in [6.45, 7) is 2.60. The van der Waals surface area contributed by atoms with Gasteiger partial charge in [0.1, 0.15) is 5.88 Å². The first-order valence-corrected chi connectivity index (χ1v) is 5.63. The van der Waals surface area contributed by atoms with E-state index in [9.17, 15) is 4.79 Å². The van der Waals surface area contributed by atoms with Crippen LogP contribution in [0.25, 0.3) is 0 Å². The molecule has 0 aromatic heterocycles. The van der Waals surface area contributed by atoms with Gasteiger partial charge < -0.3 is 5.32 Å². The summed E-state index contributed by atoms with van der Waals surface area (Å²) in [5, 5.41) is 3.45. The van der Waals surface area contributed by atoms with Crippen LogP contribution in [0.1, 0.15) is 18.4 Å². The number of carbonyl (C=O) groups excluding carboxylic acids is 1. The van der Waals surface area contributed by atoms with E-state index in [1.165, 1.54) is 0 Å². The van der Waals surface area contributed by atoms with Crippen molar-refractivity contribution in [2.75, 3.05) is 12.4 Å². The zero-order valence-corrected chi connectivity index (χ0v) is 9.98. The lowest BCUT2D eigenvalue weighted by atomic mass is 10.0. The molecular weight excluding hydrogens is 233 g/mol. The predicted molar refractivity (Wildman–Crippen MR) is 63.6 cm³/mol. The lowest BCUT2D eigenvalue weighted by Crippen LogP contribution is -2.28. The van der Waals surface area contributed by atoms with Gasteiger partial charge in [-0.2, -0.15) is 0 Å². The van der Waals surface area contributed by atoms with Crippen LogP contribution >= 0.6 is 23.2 Å². The second-order valence-corrected chi connectivity index (χ2v) is 4.10. The highest BCUT2D eigenvalue weighted by atomic mass is 35.5. The Kier molecular flexibility index (Phi) is 4.92. The fourth-order valence-corrected chi connectivity index (χ4v) is 1.54. The van der Waals surface area contributed by atoms with Gasteiger partial charge in [0.25, 0.3) is 0 Å². The molecule has 0 spiro atoms. The lowest BCUT2D eigenvalue weighted by Gasteiger charge is -2.12. The van der Waals surface area contributed by atoms with Gasteiger partial charge in [0.05, 0.1) is 0 Å². The average molecular weight is 246 g/mol. The monoisotopic (exact) mass is 245 g/mol. The van der Waals surface area contributed by atoms with Crippen molar-refractivity contribution in [1.82, 2.24) is 5.32 Å². The minimum Gasteiger partial charge on any atom is -0.354 e. The zero-order valence-electron chi connectivity index (χ0n) is 8.47. The van der Waals surface area contributed by atoms with Crippen LogP contribution in [-0.4, -0.2) is 18.3 Å². The minimum atomic E-state index is -0.148. The number of nitrogens with one attached hydrogen (secondary N) is 1. The minimum absolute atomic E-state index is 0.00225. The standard InChI is InChI=1S/C11H13Cl2NO/c1-8(7-14-11(15)6-12)9-3-2-4-10(13)5-9/h2-5,8H,6-7H2,1H3,(H,14,15). The first-order valence-electron chi connectivity index (χ1n) is 4.71. The summed E-state index contributed by atoms with van der Waals surface area (Å²) in [6, 6.07) is 7.62. The van der Waals surface area contributed by atoms with E-state index in [0.29, 0.717) is 11.6 Å². The number of benzene rings is 1.